The van der Waals surface area contributed by atoms with E-state index in [9.17, 15) is 44.3 Å². The number of rotatable bonds is 2. The molecule has 1 aliphatic rings. The summed E-state index contributed by atoms with van der Waals surface area (Å²) < 4.78 is 118. The third-order valence-corrected chi connectivity index (χ3v) is 5.03. The number of carbonyl (C=O) groups is 1. The highest BCUT2D eigenvalue weighted by molar-refractivity contribution is 9.12. The van der Waals surface area contributed by atoms with Gasteiger partial charge in [0, 0.05) is 11.8 Å². The van der Waals surface area contributed by atoms with E-state index in [1.165, 1.54) is 0 Å². The van der Waals surface area contributed by atoms with E-state index in [-0.39, 0.29) is 17.1 Å². The molecule has 0 saturated carbocycles. The standard InChI is InChI=1S/C15H8BrClF9N3O/c1-2-28-11(29(27)10(15(24,25)26)8(16)12(28)30)6-3-5(13(18,19)20)4-7(9(6)17)14(21,22)23/h2-4,11H,1,27H2. The Bertz CT molecular complexity index is 924. The van der Waals surface area contributed by atoms with Crippen LogP contribution in [0.3, 0.4) is 0 Å². The van der Waals surface area contributed by atoms with Crippen LogP contribution in [0.1, 0.15) is 22.9 Å². The fraction of sp³-hybridized carbons (Fsp3) is 0.267. The van der Waals surface area contributed by atoms with Crippen molar-refractivity contribution in [1.82, 2.24) is 9.91 Å². The van der Waals surface area contributed by atoms with E-state index in [0.29, 0.717) is 11.1 Å². The van der Waals surface area contributed by atoms with Crippen molar-refractivity contribution >= 4 is 33.4 Å². The number of nitrogens with zero attached hydrogens (tertiary/aromatic N) is 2. The van der Waals surface area contributed by atoms with E-state index in [1.54, 1.807) is 0 Å². The second-order valence-electron chi connectivity index (χ2n) is 5.76. The lowest BCUT2D eigenvalue weighted by Gasteiger charge is -2.42. The third-order valence-electron chi connectivity index (χ3n) is 3.89. The largest absolute Gasteiger partial charge is 0.433 e. The van der Waals surface area contributed by atoms with Crippen LogP contribution in [-0.4, -0.2) is 22.0 Å². The van der Waals surface area contributed by atoms with Crippen molar-refractivity contribution in [2.45, 2.75) is 24.7 Å². The molecule has 1 aliphatic heterocycles. The Morgan fingerprint density at radius 1 is 1.03 bits per heavy atom. The Labute approximate surface area is 175 Å². The monoisotopic (exact) mass is 531 g/mol. The lowest BCUT2D eigenvalue weighted by atomic mass is 10.00. The first-order valence-corrected chi connectivity index (χ1v) is 8.54. The summed E-state index contributed by atoms with van der Waals surface area (Å²) in [5, 5.41) is -1.58. The number of hydrazine groups is 1. The Morgan fingerprint density at radius 3 is 1.97 bits per heavy atom. The van der Waals surface area contributed by atoms with Crippen LogP contribution in [-0.2, 0) is 17.1 Å². The van der Waals surface area contributed by atoms with Gasteiger partial charge in [0.15, 0.2) is 11.9 Å². The average molecular weight is 533 g/mol. The Kier molecular flexibility index (Phi) is 6.20. The van der Waals surface area contributed by atoms with Crippen molar-refractivity contribution < 1.29 is 44.3 Å². The quantitative estimate of drug-likeness (QED) is 0.392. The van der Waals surface area contributed by atoms with Gasteiger partial charge in [-0.1, -0.05) is 18.2 Å². The summed E-state index contributed by atoms with van der Waals surface area (Å²) in [6.45, 7) is 3.15. The van der Waals surface area contributed by atoms with E-state index in [0.717, 1.165) is 0 Å². The first-order chi connectivity index (χ1) is 13.4. The number of nitrogens with two attached hydrogens (primary N) is 1. The SMILES string of the molecule is C=CN1C(=O)C(Br)=C(C(F)(F)F)N(N)C1c1cc(C(F)(F)F)cc(C(F)(F)F)c1Cl. The van der Waals surface area contributed by atoms with Gasteiger partial charge in [0.2, 0.25) is 0 Å². The number of benzene rings is 1. The maximum Gasteiger partial charge on any atom is 0.433 e. The molecule has 1 amide bonds. The minimum atomic E-state index is -5.40. The van der Waals surface area contributed by atoms with Gasteiger partial charge < -0.3 is 0 Å². The van der Waals surface area contributed by atoms with Crippen molar-refractivity contribution in [3.05, 3.63) is 56.8 Å². The highest BCUT2D eigenvalue weighted by Crippen LogP contribution is 2.47. The molecule has 1 aromatic rings. The maximum absolute atomic E-state index is 13.4. The number of hydrogen-bond donors (Lipinski definition) is 1. The van der Waals surface area contributed by atoms with E-state index in [1.807, 2.05) is 0 Å². The summed E-state index contributed by atoms with van der Waals surface area (Å²) in [5.74, 6) is 3.94. The van der Waals surface area contributed by atoms with Crippen molar-refractivity contribution in [3.63, 3.8) is 0 Å². The molecule has 0 aromatic heterocycles. The smallest absolute Gasteiger partial charge is 0.288 e. The molecule has 15 heteroatoms. The summed E-state index contributed by atoms with van der Waals surface area (Å²) >= 11 is 8.03. The highest BCUT2D eigenvalue weighted by atomic mass is 79.9. The Balaban J connectivity index is 2.90. The summed E-state index contributed by atoms with van der Waals surface area (Å²) in [7, 11) is 0. The predicted molar refractivity (Wildman–Crippen MR) is 89.3 cm³/mol. The summed E-state index contributed by atoms with van der Waals surface area (Å²) in [4.78, 5) is 12.6. The minimum absolute atomic E-state index is 0.0824. The Hall–Kier alpha value is -1.93. The number of hydrogen-bond acceptors (Lipinski definition) is 3. The number of allylic oxidation sites excluding steroid dienone is 1. The van der Waals surface area contributed by atoms with Crippen LogP contribution >= 0.6 is 27.5 Å². The van der Waals surface area contributed by atoms with Gasteiger partial charge in [0.05, 0.1) is 16.1 Å². The molecule has 1 unspecified atom stereocenters. The van der Waals surface area contributed by atoms with E-state index < -0.39 is 62.5 Å². The fourth-order valence-corrected chi connectivity index (χ4v) is 3.60. The van der Waals surface area contributed by atoms with Gasteiger partial charge >= 0.3 is 18.5 Å². The molecule has 0 aliphatic carbocycles. The zero-order valence-corrected chi connectivity index (χ0v) is 16.4. The first-order valence-electron chi connectivity index (χ1n) is 7.36. The van der Waals surface area contributed by atoms with Gasteiger partial charge in [-0.3, -0.25) is 14.7 Å². The van der Waals surface area contributed by atoms with Gasteiger partial charge in [0.25, 0.3) is 5.91 Å². The Morgan fingerprint density at radius 2 is 1.57 bits per heavy atom. The van der Waals surface area contributed by atoms with Gasteiger partial charge in [-0.15, -0.1) is 0 Å². The van der Waals surface area contributed by atoms with E-state index in [4.69, 9.17) is 17.4 Å². The number of carbonyl (C=O) groups excluding carboxylic acids is 1. The van der Waals surface area contributed by atoms with Gasteiger partial charge in [-0.2, -0.15) is 39.5 Å². The van der Waals surface area contributed by atoms with E-state index in [2.05, 4.69) is 22.5 Å². The van der Waals surface area contributed by atoms with Crippen LogP contribution in [0, 0.1) is 0 Å². The third kappa shape index (κ3) is 4.25. The van der Waals surface area contributed by atoms with Crippen molar-refractivity contribution in [2.24, 2.45) is 5.84 Å². The molecule has 2 N–H and O–H groups in total. The molecule has 4 nitrogen and oxygen atoms in total. The topological polar surface area (TPSA) is 49.6 Å². The van der Waals surface area contributed by atoms with Crippen molar-refractivity contribution in [1.29, 1.82) is 0 Å². The second-order valence-corrected chi connectivity index (χ2v) is 6.93. The molecule has 0 spiro atoms. The molecule has 0 fully saturated rings. The number of amides is 1. The molecule has 1 atom stereocenters. The molecule has 30 heavy (non-hydrogen) atoms. The van der Waals surface area contributed by atoms with Crippen molar-refractivity contribution in [3.8, 4) is 0 Å². The zero-order valence-electron chi connectivity index (χ0n) is 14.1. The van der Waals surface area contributed by atoms with Gasteiger partial charge in [-0.25, -0.2) is 5.84 Å². The van der Waals surface area contributed by atoms with Crippen LogP contribution in [0.4, 0.5) is 39.5 Å². The lowest BCUT2D eigenvalue weighted by molar-refractivity contribution is -0.147. The van der Waals surface area contributed by atoms with Crippen LogP contribution in [0.5, 0.6) is 0 Å². The molecule has 0 bridgehead atoms. The van der Waals surface area contributed by atoms with E-state index >= 15 is 0 Å². The normalized spacial score (nSPS) is 18.9. The molecule has 166 valence electrons. The van der Waals surface area contributed by atoms with Crippen LogP contribution in [0.25, 0.3) is 0 Å². The summed E-state index contributed by atoms with van der Waals surface area (Å²) in [5.41, 5.74) is -6.81. The average Bonchev–Trinajstić information content (AvgIpc) is 2.55. The number of alkyl halides is 9. The molecule has 0 radical (unpaired) electrons. The van der Waals surface area contributed by atoms with Gasteiger partial charge in [0.1, 0.15) is 4.48 Å². The lowest BCUT2D eigenvalue weighted by Crippen LogP contribution is -2.52. The summed E-state index contributed by atoms with van der Waals surface area (Å²) in [6, 6.07) is -0.217. The molecule has 2 rings (SSSR count). The molecule has 1 heterocycles. The molecule has 1 aromatic carbocycles. The molecule has 0 saturated heterocycles. The maximum atomic E-state index is 13.4. The van der Waals surface area contributed by atoms with Crippen LogP contribution < -0.4 is 5.84 Å². The first kappa shape index (κ1) is 24.3. The zero-order chi connectivity index (χ0) is 23.4. The fourth-order valence-electron chi connectivity index (χ4n) is 2.65. The second kappa shape index (κ2) is 7.64. The van der Waals surface area contributed by atoms with Crippen LogP contribution in [0.15, 0.2) is 35.1 Å². The van der Waals surface area contributed by atoms with Gasteiger partial charge in [-0.05, 0) is 28.1 Å². The predicted octanol–water partition coefficient (Wildman–Crippen LogP) is 5.71. The highest BCUT2D eigenvalue weighted by Gasteiger charge is 2.50. The summed E-state index contributed by atoms with van der Waals surface area (Å²) in [6.07, 6.45) is -17.7. The molecular formula is C15H8BrClF9N3O. The number of halogens is 11. The minimum Gasteiger partial charge on any atom is -0.288 e. The van der Waals surface area contributed by atoms with Crippen molar-refractivity contribution in [2.75, 3.05) is 0 Å². The van der Waals surface area contributed by atoms with Crippen LogP contribution in [0.2, 0.25) is 5.02 Å². The molecular weight excluding hydrogens is 525 g/mol.